The van der Waals surface area contributed by atoms with Gasteiger partial charge in [0.25, 0.3) is 0 Å². The van der Waals surface area contributed by atoms with E-state index in [9.17, 15) is 0 Å². The number of hydrogen-bond donors (Lipinski definition) is 2. The maximum Gasteiger partial charge on any atom is 0.0363 e. The van der Waals surface area contributed by atoms with E-state index in [0.717, 1.165) is 23.8 Å². The van der Waals surface area contributed by atoms with Crippen LogP contribution in [-0.2, 0) is 0 Å². The van der Waals surface area contributed by atoms with Gasteiger partial charge in [0.15, 0.2) is 0 Å². The van der Waals surface area contributed by atoms with E-state index in [1.807, 2.05) is 12.1 Å². The van der Waals surface area contributed by atoms with Crippen molar-refractivity contribution in [2.24, 2.45) is 5.92 Å². The summed E-state index contributed by atoms with van der Waals surface area (Å²) in [4.78, 5) is 0. The first-order valence-electron chi connectivity index (χ1n) is 5.43. The molecular weight excluding hydrogens is 204 g/mol. The molecule has 1 heterocycles. The van der Waals surface area contributed by atoms with E-state index >= 15 is 0 Å². The zero-order valence-electron chi connectivity index (χ0n) is 9.12. The number of nitrogens with two attached hydrogens (primary N) is 1. The Labute approximate surface area is 95.6 Å². The second-order valence-corrected chi connectivity index (χ2v) is 5.39. The summed E-state index contributed by atoms with van der Waals surface area (Å²) in [5.41, 5.74) is 9.02. The van der Waals surface area contributed by atoms with Crippen LogP contribution >= 0.6 is 11.8 Å². The summed E-state index contributed by atoms with van der Waals surface area (Å²) in [6, 6.07) is 6.16. The molecule has 0 spiro atoms. The number of rotatable bonds is 3. The number of nitrogen functional groups attached to an aromatic ring is 1. The van der Waals surface area contributed by atoms with Crippen LogP contribution in [0, 0.1) is 12.8 Å². The molecule has 2 nitrogen and oxygen atoms in total. The summed E-state index contributed by atoms with van der Waals surface area (Å²) >= 11 is 2.06. The Morgan fingerprint density at radius 3 is 3.00 bits per heavy atom. The minimum Gasteiger partial charge on any atom is -0.399 e. The highest BCUT2D eigenvalue weighted by Crippen LogP contribution is 2.24. The topological polar surface area (TPSA) is 38.0 Å². The highest BCUT2D eigenvalue weighted by Gasteiger charge is 2.14. The van der Waals surface area contributed by atoms with Gasteiger partial charge in [0.1, 0.15) is 0 Å². The summed E-state index contributed by atoms with van der Waals surface area (Å²) in [6.45, 7) is 3.16. The second-order valence-electron chi connectivity index (χ2n) is 4.24. The molecule has 3 N–H and O–H groups in total. The first-order chi connectivity index (χ1) is 7.24. The number of hydrogen-bond acceptors (Lipinski definition) is 3. The van der Waals surface area contributed by atoms with Gasteiger partial charge in [0, 0.05) is 17.9 Å². The van der Waals surface area contributed by atoms with Crippen molar-refractivity contribution >= 4 is 23.1 Å². The molecule has 1 aromatic carbocycles. The quantitative estimate of drug-likeness (QED) is 0.772. The molecule has 1 aliphatic heterocycles. The van der Waals surface area contributed by atoms with Crippen molar-refractivity contribution in [3.63, 3.8) is 0 Å². The van der Waals surface area contributed by atoms with Crippen LogP contribution in [0.15, 0.2) is 18.2 Å². The molecule has 3 heteroatoms. The summed E-state index contributed by atoms with van der Waals surface area (Å²) in [7, 11) is 0. The van der Waals surface area contributed by atoms with E-state index in [1.54, 1.807) is 0 Å². The Morgan fingerprint density at radius 1 is 1.47 bits per heavy atom. The van der Waals surface area contributed by atoms with Crippen molar-refractivity contribution in [1.29, 1.82) is 0 Å². The SMILES string of the molecule is Cc1cc(N)cc(NCC2CCSC2)c1. The molecule has 0 bridgehead atoms. The van der Waals surface area contributed by atoms with Crippen molar-refractivity contribution in [3.05, 3.63) is 23.8 Å². The van der Waals surface area contributed by atoms with Gasteiger partial charge in [-0.15, -0.1) is 0 Å². The zero-order chi connectivity index (χ0) is 10.7. The monoisotopic (exact) mass is 222 g/mol. The van der Waals surface area contributed by atoms with E-state index in [1.165, 1.54) is 23.5 Å². The Hall–Kier alpha value is -0.830. The lowest BCUT2D eigenvalue weighted by Crippen LogP contribution is -2.13. The fourth-order valence-electron chi connectivity index (χ4n) is 1.92. The number of thioether (sulfide) groups is 1. The molecule has 1 atom stereocenters. The predicted octanol–water partition coefficient (Wildman–Crippen LogP) is 2.74. The maximum absolute atomic E-state index is 5.80. The normalized spacial score (nSPS) is 20.5. The second kappa shape index (κ2) is 4.79. The zero-order valence-corrected chi connectivity index (χ0v) is 9.94. The Balaban J connectivity index is 1.92. The van der Waals surface area contributed by atoms with E-state index in [-0.39, 0.29) is 0 Å². The molecule has 2 rings (SSSR count). The van der Waals surface area contributed by atoms with E-state index in [0.29, 0.717) is 0 Å². The predicted molar refractivity (Wildman–Crippen MR) is 69.5 cm³/mol. The molecule has 0 aliphatic carbocycles. The van der Waals surface area contributed by atoms with Gasteiger partial charge in [0.05, 0.1) is 0 Å². The minimum atomic E-state index is 0.830. The van der Waals surface area contributed by atoms with Crippen molar-refractivity contribution in [2.75, 3.05) is 29.1 Å². The van der Waals surface area contributed by atoms with Gasteiger partial charge in [0.2, 0.25) is 0 Å². The maximum atomic E-state index is 5.80. The van der Waals surface area contributed by atoms with Gasteiger partial charge in [-0.05, 0) is 54.5 Å². The van der Waals surface area contributed by atoms with Crippen LogP contribution in [0.5, 0.6) is 0 Å². The molecule has 0 radical (unpaired) electrons. The molecule has 0 aromatic heterocycles. The van der Waals surface area contributed by atoms with E-state index in [4.69, 9.17) is 5.73 Å². The fourth-order valence-corrected chi connectivity index (χ4v) is 3.21. The molecular formula is C12H18N2S. The summed E-state index contributed by atoms with van der Waals surface area (Å²) in [5.74, 6) is 3.45. The largest absolute Gasteiger partial charge is 0.399 e. The molecule has 82 valence electrons. The highest BCUT2D eigenvalue weighted by molar-refractivity contribution is 7.99. The summed E-state index contributed by atoms with van der Waals surface area (Å²) < 4.78 is 0. The van der Waals surface area contributed by atoms with Crippen LogP contribution in [0.2, 0.25) is 0 Å². The van der Waals surface area contributed by atoms with Gasteiger partial charge in [-0.1, -0.05) is 0 Å². The lowest BCUT2D eigenvalue weighted by Gasteiger charge is -2.12. The van der Waals surface area contributed by atoms with Gasteiger partial charge in [-0.25, -0.2) is 0 Å². The van der Waals surface area contributed by atoms with Gasteiger partial charge >= 0.3 is 0 Å². The van der Waals surface area contributed by atoms with Crippen molar-refractivity contribution in [1.82, 2.24) is 0 Å². The van der Waals surface area contributed by atoms with Crippen LogP contribution in [0.3, 0.4) is 0 Å². The fraction of sp³-hybridized carbons (Fsp3) is 0.500. The lowest BCUT2D eigenvalue weighted by molar-refractivity contribution is 0.632. The third-order valence-electron chi connectivity index (χ3n) is 2.72. The Morgan fingerprint density at radius 2 is 2.33 bits per heavy atom. The lowest BCUT2D eigenvalue weighted by atomic mass is 10.1. The molecule has 0 amide bonds. The van der Waals surface area contributed by atoms with E-state index < -0.39 is 0 Å². The van der Waals surface area contributed by atoms with E-state index in [2.05, 4.69) is 30.1 Å². The van der Waals surface area contributed by atoms with Crippen LogP contribution in [0.4, 0.5) is 11.4 Å². The third kappa shape index (κ3) is 3.06. The Bertz CT molecular complexity index is 312. The number of anilines is 2. The number of nitrogens with one attached hydrogen (secondary N) is 1. The molecule has 0 saturated carbocycles. The molecule has 1 saturated heterocycles. The minimum absolute atomic E-state index is 0.830. The van der Waals surface area contributed by atoms with Gasteiger partial charge in [-0.3, -0.25) is 0 Å². The average molecular weight is 222 g/mol. The van der Waals surface area contributed by atoms with Gasteiger partial charge in [-0.2, -0.15) is 11.8 Å². The highest BCUT2D eigenvalue weighted by atomic mass is 32.2. The van der Waals surface area contributed by atoms with Crippen molar-refractivity contribution in [3.8, 4) is 0 Å². The standard InChI is InChI=1S/C12H18N2S/c1-9-4-11(13)6-12(5-9)14-7-10-2-3-15-8-10/h4-6,10,14H,2-3,7-8,13H2,1H3. The van der Waals surface area contributed by atoms with Crippen LogP contribution < -0.4 is 11.1 Å². The van der Waals surface area contributed by atoms with Crippen molar-refractivity contribution in [2.45, 2.75) is 13.3 Å². The number of aryl methyl sites for hydroxylation is 1. The first kappa shape index (κ1) is 10.7. The number of benzene rings is 1. The van der Waals surface area contributed by atoms with Crippen LogP contribution in [0.1, 0.15) is 12.0 Å². The summed E-state index contributed by atoms with van der Waals surface area (Å²) in [6.07, 6.45) is 1.35. The molecule has 1 unspecified atom stereocenters. The molecule has 15 heavy (non-hydrogen) atoms. The molecule has 1 aromatic rings. The molecule has 1 aliphatic rings. The van der Waals surface area contributed by atoms with Crippen LogP contribution in [0.25, 0.3) is 0 Å². The smallest absolute Gasteiger partial charge is 0.0363 e. The van der Waals surface area contributed by atoms with Gasteiger partial charge < -0.3 is 11.1 Å². The van der Waals surface area contributed by atoms with Crippen molar-refractivity contribution < 1.29 is 0 Å². The average Bonchev–Trinajstić information content (AvgIpc) is 2.65. The summed E-state index contributed by atoms with van der Waals surface area (Å²) in [5, 5.41) is 3.47. The molecule has 1 fully saturated rings. The van der Waals surface area contributed by atoms with Crippen LogP contribution in [-0.4, -0.2) is 18.1 Å². The third-order valence-corrected chi connectivity index (χ3v) is 3.95. The Kier molecular flexibility index (Phi) is 3.41. The first-order valence-corrected chi connectivity index (χ1v) is 6.58.